The molecule has 136 valence electrons. The van der Waals surface area contributed by atoms with Crippen molar-refractivity contribution in [3.05, 3.63) is 29.4 Å². The van der Waals surface area contributed by atoms with Crippen molar-refractivity contribution in [2.75, 3.05) is 19.6 Å². The van der Waals surface area contributed by atoms with Crippen molar-refractivity contribution in [1.82, 2.24) is 20.0 Å². The van der Waals surface area contributed by atoms with Crippen molar-refractivity contribution < 1.29 is 4.79 Å². The van der Waals surface area contributed by atoms with Crippen LogP contribution in [-0.2, 0) is 18.4 Å². The molecule has 3 heterocycles. The van der Waals surface area contributed by atoms with Gasteiger partial charge in [0.2, 0.25) is 5.91 Å². The Labute approximate surface area is 153 Å². The minimum atomic E-state index is 0.0583. The van der Waals surface area contributed by atoms with E-state index in [4.69, 9.17) is 5.73 Å². The van der Waals surface area contributed by atoms with Crippen LogP contribution in [0.1, 0.15) is 30.6 Å². The summed E-state index contributed by atoms with van der Waals surface area (Å²) in [4.78, 5) is 16.8. The number of nitrogens with zero attached hydrogens (tertiary/aromatic N) is 3. The van der Waals surface area contributed by atoms with Gasteiger partial charge in [-0.1, -0.05) is 6.42 Å². The molecule has 25 heavy (non-hydrogen) atoms. The topological polar surface area (TPSA) is 76.2 Å². The molecule has 1 fully saturated rings. The van der Waals surface area contributed by atoms with Gasteiger partial charge in [-0.05, 0) is 31.5 Å². The molecule has 1 saturated heterocycles. The third kappa shape index (κ3) is 4.90. The van der Waals surface area contributed by atoms with Gasteiger partial charge in [-0.2, -0.15) is 5.10 Å². The molecular formula is C18H27N5OS. The third-order valence-electron chi connectivity index (χ3n) is 4.67. The van der Waals surface area contributed by atoms with Crippen LogP contribution in [0.3, 0.4) is 0 Å². The van der Waals surface area contributed by atoms with E-state index >= 15 is 0 Å². The number of likely N-dealkylation sites (tertiary alicyclic amines) is 1. The zero-order valence-corrected chi connectivity index (χ0v) is 15.6. The van der Waals surface area contributed by atoms with E-state index in [9.17, 15) is 4.79 Å². The number of carbonyl (C=O) groups is 1. The van der Waals surface area contributed by atoms with Crippen molar-refractivity contribution in [1.29, 1.82) is 0 Å². The number of carbonyl (C=O) groups excluding carboxylic acids is 1. The highest BCUT2D eigenvalue weighted by Crippen LogP contribution is 2.29. The number of thiophene rings is 1. The standard InChI is InChI=1S/C18H27N5OS/c1-22-12-14(10-21-22)17-6-5-16(25-17)13-23-9-3-2-4-15(23)11-20-18(24)7-8-19/h5-6,10,12,15H,2-4,7-9,11,13,19H2,1H3,(H,20,24). The van der Waals surface area contributed by atoms with Gasteiger partial charge < -0.3 is 11.1 Å². The van der Waals surface area contributed by atoms with E-state index in [0.29, 0.717) is 19.0 Å². The van der Waals surface area contributed by atoms with Crippen molar-refractivity contribution in [3.63, 3.8) is 0 Å². The van der Waals surface area contributed by atoms with Crippen molar-refractivity contribution >= 4 is 17.2 Å². The highest BCUT2D eigenvalue weighted by Gasteiger charge is 2.23. The van der Waals surface area contributed by atoms with Crippen molar-refractivity contribution in [2.45, 2.75) is 38.3 Å². The maximum Gasteiger partial charge on any atom is 0.221 e. The summed E-state index contributed by atoms with van der Waals surface area (Å²) in [5.74, 6) is 0.0583. The summed E-state index contributed by atoms with van der Waals surface area (Å²) in [6.07, 6.45) is 7.97. The Bertz CT molecular complexity index is 695. The number of piperidine rings is 1. The summed E-state index contributed by atoms with van der Waals surface area (Å²) in [6, 6.07) is 4.81. The summed E-state index contributed by atoms with van der Waals surface area (Å²) < 4.78 is 1.83. The molecule has 0 aliphatic carbocycles. The average Bonchev–Trinajstić information content (AvgIpc) is 3.23. The third-order valence-corrected chi connectivity index (χ3v) is 5.78. The first kappa shape index (κ1) is 18.1. The fourth-order valence-electron chi connectivity index (χ4n) is 3.32. The SMILES string of the molecule is Cn1cc(-c2ccc(CN3CCCCC3CNC(=O)CCN)s2)cn1. The molecule has 6 nitrogen and oxygen atoms in total. The van der Waals surface area contributed by atoms with Gasteiger partial charge in [-0.25, -0.2) is 0 Å². The molecule has 0 saturated carbocycles. The second-order valence-electron chi connectivity index (χ2n) is 6.63. The van der Waals surface area contributed by atoms with E-state index in [-0.39, 0.29) is 5.91 Å². The van der Waals surface area contributed by atoms with Crippen LogP contribution in [0, 0.1) is 0 Å². The van der Waals surface area contributed by atoms with Crippen LogP contribution >= 0.6 is 11.3 Å². The molecule has 0 radical (unpaired) electrons. The number of nitrogens with two attached hydrogens (primary N) is 1. The molecule has 3 N–H and O–H groups in total. The Kier molecular flexibility index (Phi) is 6.23. The lowest BCUT2D eigenvalue weighted by Crippen LogP contribution is -2.46. The van der Waals surface area contributed by atoms with Crippen LogP contribution in [0.25, 0.3) is 10.4 Å². The molecule has 2 aromatic rings. The van der Waals surface area contributed by atoms with Gasteiger partial charge in [0, 0.05) is 60.7 Å². The molecule has 1 aliphatic rings. The summed E-state index contributed by atoms with van der Waals surface area (Å²) in [7, 11) is 1.94. The Balaban J connectivity index is 1.59. The smallest absolute Gasteiger partial charge is 0.221 e. The predicted octanol–water partition coefficient (Wildman–Crippen LogP) is 1.97. The fraction of sp³-hybridized carbons (Fsp3) is 0.556. The quantitative estimate of drug-likeness (QED) is 0.790. The van der Waals surface area contributed by atoms with Gasteiger partial charge in [0.05, 0.1) is 6.20 Å². The molecule has 1 aliphatic heterocycles. The number of nitrogens with one attached hydrogen (secondary N) is 1. The molecule has 3 rings (SSSR count). The minimum Gasteiger partial charge on any atom is -0.354 e. The van der Waals surface area contributed by atoms with Gasteiger partial charge >= 0.3 is 0 Å². The van der Waals surface area contributed by atoms with E-state index in [1.807, 2.05) is 35.5 Å². The van der Waals surface area contributed by atoms with Gasteiger partial charge in [-0.15, -0.1) is 11.3 Å². The molecule has 0 bridgehead atoms. The number of hydrogen-bond donors (Lipinski definition) is 2. The first-order valence-corrected chi connectivity index (χ1v) is 9.76. The zero-order valence-electron chi connectivity index (χ0n) is 14.8. The zero-order chi connectivity index (χ0) is 17.6. The lowest BCUT2D eigenvalue weighted by atomic mass is 10.0. The Hall–Kier alpha value is -1.70. The summed E-state index contributed by atoms with van der Waals surface area (Å²) >= 11 is 1.83. The summed E-state index contributed by atoms with van der Waals surface area (Å²) in [5.41, 5.74) is 6.61. The largest absolute Gasteiger partial charge is 0.354 e. The summed E-state index contributed by atoms with van der Waals surface area (Å²) in [5, 5.41) is 7.28. The lowest BCUT2D eigenvalue weighted by Gasteiger charge is -2.35. The molecule has 2 aromatic heterocycles. The Morgan fingerprint density at radius 2 is 2.32 bits per heavy atom. The first-order chi connectivity index (χ1) is 12.2. The number of aryl methyl sites for hydroxylation is 1. The molecule has 0 spiro atoms. The Morgan fingerprint density at radius 1 is 1.44 bits per heavy atom. The minimum absolute atomic E-state index is 0.0583. The van der Waals surface area contributed by atoms with Gasteiger partial charge in [0.25, 0.3) is 0 Å². The average molecular weight is 362 g/mol. The molecule has 1 unspecified atom stereocenters. The second-order valence-corrected chi connectivity index (χ2v) is 7.80. The van der Waals surface area contributed by atoms with E-state index < -0.39 is 0 Å². The predicted molar refractivity (Wildman–Crippen MR) is 101 cm³/mol. The highest BCUT2D eigenvalue weighted by atomic mass is 32.1. The normalized spacial score (nSPS) is 18.4. The molecule has 0 aromatic carbocycles. The monoisotopic (exact) mass is 361 g/mol. The highest BCUT2D eigenvalue weighted by molar-refractivity contribution is 7.15. The van der Waals surface area contributed by atoms with E-state index in [1.54, 1.807) is 0 Å². The molecule has 1 amide bonds. The molecule has 7 heteroatoms. The number of hydrogen-bond acceptors (Lipinski definition) is 5. The Morgan fingerprint density at radius 3 is 3.08 bits per heavy atom. The maximum absolute atomic E-state index is 11.7. The first-order valence-electron chi connectivity index (χ1n) is 8.94. The molecular weight excluding hydrogens is 334 g/mol. The second kappa shape index (κ2) is 8.60. The lowest BCUT2D eigenvalue weighted by molar-refractivity contribution is -0.121. The van der Waals surface area contributed by atoms with Crippen molar-refractivity contribution in [2.24, 2.45) is 12.8 Å². The number of aromatic nitrogens is 2. The van der Waals surface area contributed by atoms with Gasteiger partial charge in [-0.3, -0.25) is 14.4 Å². The van der Waals surface area contributed by atoms with Gasteiger partial charge in [0.1, 0.15) is 0 Å². The van der Waals surface area contributed by atoms with Crippen LogP contribution in [-0.4, -0.2) is 46.3 Å². The molecule has 1 atom stereocenters. The van der Waals surface area contributed by atoms with Crippen LogP contribution in [0.4, 0.5) is 0 Å². The number of amides is 1. The fourth-order valence-corrected chi connectivity index (χ4v) is 4.33. The van der Waals surface area contributed by atoms with E-state index in [2.05, 4.69) is 27.4 Å². The maximum atomic E-state index is 11.7. The van der Waals surface area contributed by atoms with Crippen LogP contribution < -0.4 is 11.1 Å². The van der Waals surface area contributed by atoms with Crippen LogP contribution in [0.2, 0.25) is 0 Å². The number of rotatable bonds is 7. The van der Waals surface area contributed by atoms with Crippen molar-refractivity contribution in [3.8, 4) is 10.4 Å². The van der Waals surface area contributed by atoms with E-state index in [1.165, 1.54) is 28.2 Å². The summed E-state index contributed by atoms with van der Waals surface area (Å²) in [6.45, 7) is 3.17. The van der Waals surface area contributed by atoms with Crippen LogP contribution in [0.5, 0.6) is 0 Å². The van der Waals surface area contributed by atoms with Crippen LogP contribution in [0.15, 0.2) is 24.5 Å². The van der Waals surface area contributed by atoms with E-state index in [0.717, 1.165) is 26.1 Å². The van der Waals surface area contributed by atoms with Gasteiger partial charge in [0.15, 0.2) is 0 Å².